The van der Waals surface area contributed by atoms with Crippen LogP contribution in [0.4, 0.5) is 5.95 Å². The fourth-order valence-electron chi connectivity index (χ4n) is 4.13. The molecule has 0 saturated carbocycles. The molecule has 4 rings (SSSR count). The molecule has 5 nitrogen and oxygen atoms in total. The molecule has 2 heterocycles. The molecule has 2 aromatic carbocycles. The molecule has 0 amide bonds. The third kappa shape index (κ3) is 4.08. The number of hydrogen-bond donors (Lipinski definition) is 2. The van der Waals surface area contributed by atoms with Gasteiger partial charge in [0.15, 0.2) is 0 Å². The van der Waals surface area contributed by atoms with Crippen molar-refractivity contribution in [2.24, 2.45) is 0 Å². The van der Waals surface area contributed by atoms with Gasteiger partial charge in [0.05, 0.1) is 13.1 Å². The van der Waals surface area contributed by atoms with Gasteiger partial charge in [-0.15, -0.1) is 0 Å². The Labute approximate surface area is 161 Å². The van der Waals surface area contributed by atoms with E-state index in [1.54, 1.807) is 4.90 Å². The minimum absolute atomic E-state index is 0.601. The molecule has 3 N–H and O–H groups in total. The summed E-state index contributed by atoms with van der Waals surface area (Å²) in [4.78, 5) is 1.71. The normalized spacial score (nSPS) is 15.3. The van der Waals surface area contributed by atoms with Crippen LogP contribution in [0, 0.1) is 0 Å². The van der Waals surface area contributed by atoms with Crippen molar-refractivity contribution in [3.05, 3.63) is 54.6 Å². The van der Waals surface area contributed by atoms with Gasteiger partial charge in [0, 0.05) is 0 Å². The molecule has 0 aliphatic carbocycles. The number of aromatic nitrogens is 2. The molecule has 1 aromatic heterocycles. The van der Waals surface area contributed by atoms with Gasteiger partial charge in [0.1, 0.15) is 43.0 Å². The average molecular weight is 367 g/mol. The third-order valence-electron chi connectivity index (χ3n) is 5.59. The number of para-hydroxylation sites is 3. The van der Waals surface area contributed by atoms with Gasteiger partial charge in [-0.05, 0) is 43.5 Å². The van der Waals surface area contributed by atoms with Crippen molar-refractivity contribution in [2.75, 3.05) is 32.0 Å². The number of ether oxygens (including phenoxy) is 1. The lowest BCUT2D eigenvalue weighted by atomic mass is 10.1. The van der Waals surface area contributed by atoms with Crippen molar-refractivity contribution in [1.29, 1.82) is 0 Å². The number of fused-ring (bicyclic) bond motifs is 1. The Kier molecular flexibility index (Phi) is 5.58. The van der Waals surface area contributed by atoms with E-state index in [-0.39, 0.29) is 0 Å². The largest absolute Gasteiger partial charge is 0.490 e. The van der Waals surface area contributed by atoms with Crippen LogP contribution < -0.4 is 19.9 Å². The fraction of sp³-hybridized carbons (Fsp3) is 0.409. The van der Waals surface area contributed by atoms with Crippen LogP contribution in [0.15, 0.2) is 54.6 Å². The molecule has 1 aliphatic rings. The average Bonchev–Trinajstić information content (AvgIpc) is 2.99. The highest BCUT2D eigenvalue weighted by atomic mass is 16.5. The Balaban J connectivity index is 1.49. The van der Waals surface area contributed by atoms with Gasteiger partial charge < -0.3 is 9.64 Å². The number of quaternary nitrogens is 1. The van der Waals surface area contributed by atoms with Gasteiger partial charge in [-0.3, -0.25) is 5.73 Å². The van der Waals surface area contributed by atoms with E-state index < -0.39 is 0 Å². The van der Waals surface area contributed by atoms with Crippen molar-refractivity contribution in [3.8, 4) is 5.75 Å². The first-order chi connectivity index (χ1) is 13.3. The monoisotopic (exact) mass is 366 g/mol. The third-order valence-corrected chi connectivity index (χ3v) is 5.59. The van der Waals surface area contributed by atoms with Crippen LogP contribution in [-0.2, 0) is 13.1 Å². The molecule has 0 bridgehead atoms. The topological polar surface area (TPSA) is 48.5 Å². The van der Waals surface area contributed by atoms with E-state index in [0.29, 0.717) is 6.61 Å². The summed E-state index contributed by atoms with van der Waals surface area (Å²) in [5, 5.41) is 0. The summed E-state index contributed by atoms with van der Waals surface area (Å²) in [5.74, 6) is 1.72. The number of imidazole rings is 1. The number of nitrogen functional groups attached to an aromatic ring is 1. The number of hydrogen-bond acceptors (Lipinski definition) is 2. The zero-order valence-corrected chi connectivity index (χ0v) is 15.9. The second kappa shape index (κ2) is 8.44. The van der Waals surface area contributed by atoms with E-state index in [1.165, 1.54) is 43.4 Å². The minimum atomic E-state index is 0.601. The standard InChI is InChI=1S/C22H28N4O/c23-22-25(16-15-24-13-7-2-8-14-24)20-11-5-6-12-21(20)26(22)17-18-27-19-9-3-1-4-10-19/h1,3-6,9-12,23H,2,7-8,13-18H2/p+2. The zero-order valence-electron chi connectivity index (χ0n) is 15.9. The second-order valence-corrected chi connectivity index (χ2v) is 7.37. The highest BCUT2D eigenvalue weighted by Crippen LogP contribution is 2.16. The Morgan fingerprint density at radius 3 is 2.52 bits per heavy atom. The summed E-state index contributed by atoms with van der Waals surface area (Å²) in [6, 6.07) is 18.4. The summed E-state index contributed by atoms with van der Waals surface area (Å²) in [5.41, 5.74) is 8.97. The lowest BCUT2D eigenvalue weighted by Crippen LogP contribution is -3.13. The molecule has 142 valence electrons. The summed E-state index contributed by atoms with van der Waals surface area (Å²) < 4.78 is 10.4. The molecule has 5 heteroatoms. The van der Waals surface area contributed by atoms with Crippen LogP contribution >= 0.6 is 0 Å². The number of nitrogens with two attached hydrogens (primary N) is 1. The Morgan fingerprint density at radius 1 is 0.963 bits per heavy atom. The molecule has 0 spiro atoms. The summed E-state index contributed by atoms with van der Waals surface area (Å²) in [6.07, 6.45) is 4.10. The van der Waals surface area contributed by atoms with E-state index in [9.17, 15) is 0 Å². The van der Waals surface area contributed by atoms with Crippen LogP contribution in [0.3, 0.4) is 0 Å². The van der Waals surface area contributed by atoms with E-state index in [1.807, 2.05) is 30.3 Å². The SMILES string of the molecule is Nc1n(CCOc2ccccc2)c2ccccc2[n+]1CC[NH+]1CCCCC1. The van der Waals surface area contributed by atoms with Crippen molar-refractivity contribution in [2.45, 2.75) is 32.4 Å². The summed E-state index contributed by atoms with van der Waals surface area (Å²) in [6.45, 7) is 6.04. The number of nitrogens with one attached hydrogen (secondary N) is 1. The van der Waals surface area contributed by atoms with Crippen LogP contribution in [-0.4, -0.2) is 30.8 Å². The predicted octanol–water partition coefficient (Wildman–Crippen LogP) is 1.66. The maximum absolute atomic E-state index is 6.57. The van der Waals surface area contributed by atoms with E-state index in [0.717, 1.165) is 31.3 Å². The van der Waals surface area contributed by atoms with E-state index in [2.05, 4.69) is 33.4 Å². The van der Waals surface area contributed by atoms with Gasteiger partial charge in [-0.25, -0.2) is 9.13 Å². The van der Waals surface area contributed by atoms with Crippen molar-refractivity contribution in [1.82, 2.24) is 4.57 Å². The minimum Gasteiger partial charge on any atom is -0.490 e. The zero-order chi connectivity index (χ0) is 18.5. The van der Waals surface area contributed by atoms with Crippen molar-refractivity contribution in [3.63, 3.8) is 0 Å². The molecule has 0 radical (unpaired) electrons. The van der Waals surface area contributed by atoms with Crippen LogP contribution in [0.5, 0.6) is 5.75 Å². The molecule has 0 atom stereocenters. The number of nitrogens with zero attached hydrogens (tertiary/aromatic N) is 2. The number of anilines is 1. The highest BCUT2D eigenvalue weighted by molar-refractivity contribution is 5.73. The lowest BCUT2D eigenvalue weighted by Gasteiger charge is -2.22. The van der Waals surface area contributed by atoms with Crippen LogP contribution in [0.2, 0.25) is 0 Å². The molecular weight excluding hydrogens is 336 g/mol. The molecule has 1 aliphatic heterocycles. The maximum atomic E-state index is 6.57. The molecular formula is C22H30N4O+2. The molecule has 1 saturated heterocycles. The van der Waals surface area contributed by atoms with Gasteiger partial charge in [0.2, 0.25) is 0 Å². The second-order valence-electron chi connectivity index (χ2n) is 7.37. The lowest BCUT2D eigenvalue weighted by molar-refractivity contribution is -0.921. The predicted molar refractivity (Wildman–Crippen MR) is 108 cm³/mol. The van der Waals surface area contributed by atoms with Gasteiger partial charge in [-0.1, -0.05) is 30.3 Å². The Morgan fingerprint density at radius 2 is 1.70 bits per heavy atom. The van der Waals surface area contributed by atoms with Crippen molar-refractivity contribution >= 4 is 17.0 Å². The van der Waals surface area contributed by atoms with Crippen molar-refractivity contribution < 1.29 is 14.2 Å². The molecule has 1 fully saturated rings. The number of rotatable bonds is 7. The van der Waals surface area contributed by atoms with Gasteiger partial charge in [0.25, 0.3) is 0 Å². The molecule has 3 aromatic rings. The smallest absolute Gasteiger partial charge is 0.356 e. The first kappa shape index (κ1) is 17.9. The Hall–Kier alpha value is -2.53. The fourth-order valence-corrected chi connectivity index (χ4v) is 4.13. The molecule has 0 unspecified atom stereocenters. The highest BCUT2D eigenvalue weighted by Gasteiger charge is 2.22. The first-order valence-corrected chi connectivity index (χ1v) is 10.1. The quantitative estimate of drug-likeness (QED) is 0.625. The van der Waals surface area contributed by atoms with E-state index in [4.69, 9.17) is 10.5 Å². The maximum Gasteiger partial charge on any atom is 0.356 e. The number of likely N-dealkylation sites (tertiary alicyclic amines) is 1. The summed E-state index contributed by atoms with van der Waals surface area (Å²) >= 11 is 0. The van der Waals surface area contributed by atoms with E-state index >= 15 is 0 Å². The Bertz CT molecular complexity index is 869. The van der Waals surface area contributed by atoms with Gasteiger partial charge >= 0.3 is 5.95 Å². The van der Waals surface area contributed by atoms with Crippen LogP contribution in [0.25, 0.3) is 11.0 Å². The van der Waals surface area contributed by atoms with Gasteiger partial charge in [-0.2, -0.15) is 0 Å². The number of benzene rings is 2. The summed E-state index contributed by atoms with van der Waals surface area (Å²) in [7, 11) is 0. The molecule has 27 heavy (non-hydrogen) atoms. The first-order valence-electron chi connectivity index (χ1n) is 10.1. The van der Waals surface area contributed by atoms with Crippen LogP contribution in [0.1, 0.15) is 19.3 Å². The number of piperidine rings is 1.